The van der Waals surface area contributed by atoms with E-state index in [0.717, 1.165) is 53.0 Å². The standard InChI is InChI=1S/C24H26N4O2/c1-17-9-10-19-15-22(17)27-23(29)8-3-2-4-13-30-16-18-6-5-7-20(14-18)26-24-25-12-11-21(19)28-24/h5-7,9-12,14-15H,2-4,8,13,16H2,1H3,(H,27,29)(H,25,26,28). The molecule has 1 aliphatic heterocycles. The highest BCUT2D eigenvalue weighted by molar-refractivity contribution is 5.92. The number of anilines is 3. The van der Waals surface area contributed by atoms with Crippen molar-refractivity contribution in [1.82, 2.24) is 9.97 Å². The van der Waals surface area contributed by atoms with Crippen LogP contribution in [0.3, 0.4) is 0 Å². The Kier molecular flexibility index (Phi) is 6.35. The van der Waals surface area contributed by atoms with E-state index < -0.39 is 0 Å². The van der Waals surface area contributed by atoms with Crippen molar-refractivity contribution in [3.05, 3.63) is 65.9 Å². The molecule has 0 atom stereocenters. The van der Waals surface area contributed by atoms with E-state index in [9.17, 15) is 4.79 Å². The molecule has 1 amide bonds. The number of hydrogen-bond acceptors (Lipinski definition) is 5. The van der Waals surface area contributed by atoms with Gasteiger partial charge in [-0.25, -0.2) is 9.97 Å². The van der Waals surface area contributed by atoms with Gasteiger partial charge in [-0.3, -0.25) is 4.79 Å². The number of rotatable bonds is 0. The van der Waals surface area contributed by atoms with Crippen LogP contribution in [0.4, 0.5) is 17.3 Å². The van der Waals surface area contributed by atoms with E-state index in [1.165, 1.54) is 0 Å². The topological polar surface area (TPSA) is 76.1 Å². The second-order valence-corrected chi connectivity index (χ2v) is 7.53. The van der Waals surface area contributed by atoms with Crippen LogP contribution in [-0.2, 0) is 16.1 Å². The first kappa shape index (κ1) is 20.0. The van der Waals surface area contributed by atoms with Gasteiger partial charge in [-0.15, -0.1) is 0 Å². The lowest BCUT2D eigenvalue weighted by Crippen LogP contribution is -2.12. The molecule has 2 aromatic carbocycles. The monoisotopic (exact) mass is 402 g/mol. The Hall–Kier alpha value is -3.25. The summed E-state index contributed by atoms with van der Waals surface area (Å²) in [6, 6.07) is 15.9. The quantitative estimate of drug-likeness (QED) is 0.539. The Morgan fingerprint density at radius 1 is 1.00 bits per heavy atom. The van der Waals surface area contributed by atoms with Gasteiger partial charge in [-0.05, 0) is 55.2 Å². The molecule has 2 heterocycles. The van der Waals surface area contributed by atoms with Crippen LogP contribution < -0.4 is 10.6 Å². The van der Waals surface area contributed by atoms with Crippen LogP contribution in [-0.4, -0.2) is 22.5 Å². The molecule has 154 valence electrons. The third-order valence-electron chi connectivity index (χ3n) is 5.11. The lowest BCUT2D eigenvalue weighted by atomic mass is 10.1. The summed E-state index contributed by atoms with van der Waals surface area (Å²) in [4.78, 5) is 21.4. The zero-order valence-electron chi connectivity index (χ0n) is 17.1. The van der Waals surface area contributed by atoms with Crippen LogP contribution in [0.2, 0.25) is 0 Å². The number of hydrogen-bond donors (Lipinski definition) is 2. The van der Waals surface area contributed by atoms with E-state index in [2.05, 4.69) is 26.7 Å². The van der Waals surface area contributed by atoms with Crippen molar-refractivity contribution in [2.45, 2.75) is 39.2 Å². The van der Waals surface area contributed by atoms with Crippen LogP contribution >= 0.6 is 0 Å². The molecule has 6 heteroatoms. The van der Waals surface area contributed by atoms with Gasteiger partial charge in [-0.1, -0.05) is 30.7 Å². The molecular weight excluding hydrogens is 376 g/mol. The summed E-state index contributed by atoms with van der Waals surface area (Å²) < 4.78 is 5.80. The van der Waals surface area contributed by atoms with Crippen molar-refractivity contribution in [3.63, 3.8) is 0 Å². The summed E-state index contributed by atoms with van der Waals surface area (Å²) in [5.74, 6) is 0.560. The molecule has 6 bridgehead atoms. The molecule has 0 unspecified atom stereocenters. The minimum Gasteiger partial charge on any atom is -0.377 e. The number of ether oxygens (including phenoxy) is 1. The van der Waals surface area contributed by atoms with E-state index in [1.807, 2.05) is 49.4 Å². The average Bonchev–Trinajstić information content (AvgIpc) is 2.74. The van der Waals surface area contributed by atoms with Gasteiger partial charge >= 0.3 is 0 Å². The molecule has 30 heavy (non-hydrogen) atoms. The fourth-order valence-electron chi connectivity index (χ4n) is 3.43. The van der Waals surface area contributed by atoms with Crippen molar-refractivity contribution in [1.29, 1.82) is 0 Å². The Bertz CT molecular complexity index is 1040. The second kappa shape index (κ2) is 9.50. The van der Waals surface area contributed by atoms with E-state index in [1.54, 1.807) is 6.20 Å². The summed E-state index contributed by atoms with van der Waals surface area (Å²) in [6.07, 6.45) is 5.00. The Balaban J connectivity index is 1.65. The maximum absolute atomic E-state index is 12.4. The predicted octanol–water partition coefficient (Wildman–Crippen LogP) is 5.22. The maximum Gasteiger partial charge on any atom is 0.227 e. The molecule has 6 nitrogen and oxygen atoms in total. The minimum absolute atomic E-state index is 0.0372. The highest BCUT2D eigenvalue weighted by Gasteiger charge is 2.09. The normalized spacial score (nSPS) is 15.2. The van der Waals surface area contributed by atoms with Crippen LogP contribution in [0.5, 0.6) is 0 Å². The number of aryl methyl sites for hydroxylation is 1. The lowest BCUT2D eigenvalue weighted by Gasteiger charge is -2.11. The third-order valence-corrected chi connectivity index (χ3v) is 5.11. The first-order valence-electron chi connectivity index (χ1n) is 10.3. The number of nitrogens with one attached hydrogen (secondary N) is 2. The summed E-state index contributed by atoms with van der Waals surface area (Å²) in [5, 5.41) is 6.32. The smallest absolute Gasteiger partial charge is 0.227 e. The van der Waals surface area contributed by atoms with Crippen molar-refractivity contribution in [2.24, 2.45) is 0 Å². The van der Waals surface area contributed by atoms with Gasteiger partial charge in [0.05, 0.1) is 12.3 Å². The number of carbonyl (C=O) groups is 1. The second-order valence-electron chi connectivity index (χ2n) is 7.53. The van der Waals surface area contributed by atoms with E-state index in [-0.39, 0.29) is 5.91 Å². The fourth-order valence-corrected chi connectivity index (χ4v) is 3.43. The maximum atomic E-state index is 12.4. The van der Waals surface area contributed by atoms with Crippen molar-refractivity contribution >= 4 is 23.2 Å². The number of aromatic nitrogens is 2. The molecule has 0 aliphatic carbocycles. The largest absolute Gasteiger partial charge is 0.377 e. The minimum atomic E-state index is 0.0372. The number of amides is 1. The van der Waals surface area contributed by atoms with Gasteiger partial charge in [0.2, 0.25) is 11.9 Å². The van der Waals surface area contributed by atoms with Crippen molar-refractivity contribution in [3.8, 4) is 11.3 Å². The first-order valence-corrected chi connectivity index (χ1v) is 10.3. The van der Waals surface area contributed by atoms with E-state index >= 15 is 0 Å². The molecule has 3 aromatic rings. The van der Waals surface area contributed by atoms with Crippen molar-refractivity contribution < 1.29 is 9.53 Å². The van der Waals surface area contributed by atoms with Gasteiger partial charge < -0.3 is 15.4 Å². The van der Waals surface area contributed by atoms with E-state index in [0.29, 0.717) is 25.6 Å². The van der Waals surface area contributed by atoms with Gasteiger partial charge in [0.1, 0.15) is 0 Å². The molecule has 0 saturated heterocycles. The summed E-state index contributed by atoms with van der Waals surface area (Å²) >= 11 is 0. The first-order chi connectivity index (χ1) is 14.7. The number of nitrogens with zero attached hydrogens (tertiary/aromatic N) is 2. The molecule has 2 N–H and O–H groups in total. The fraction of sp³-hybridized carbons (Fsp3) is 0.292. The van der Waals surface area contributed by atoms with Crippen molar-refractivity contribution in [2.75, 3.05) is 17.2 Å². The van der Waals surface area contributed by atoms with Gasteiger partial charge in [0.25, 0.3) is 0 Å². The zero-order valence-corrected chi connectivity index (χ0v) is 17.1. The van der Waals surface area contributed by atoms with Crippen LogP contribution in [0, 0.1) is 6.92 Å². The van der Waals surface area contributed by atoms with Crippen LogP contribution in [0.1, 0.15) is 36.8 Å². The summed E-state index contributed by atoms with van der Waals surface area (Å²) in [6.45, 7) is 3.24. The van der Waals surface area contributed by atoms with Crippen LogP contribution in [0.15, 0.2) is 54.7 Å². The molecule has 1 aliphatic rings. The molecular formula is C24H26N4O2. The van der Waals surface area contributed by atoms with Crippen LogP contribution in [0.25, 0.3) is 11.3 Å². The SMILES string of the molecule is Cc1ccc2cc1NC(=O)CCCCCOCc1cccc(c1)Nc1nccc-2n1. The molecule has 0 spiro atoms. The summed E-state index contributed by atoms with van der Waals surface area (Å²) in [7, 11) is 0. The molecule has 0 saturated carbocycles. The Morgan fingerprint density at radius 2 is 1.93 bits per heavy atom. The van der Waals surface area contributed by atoms with Gasteiger partial charge in [-0.2, -0.15) is 0 Å². The molecule has 1 aromatic heterocycles. The lowest BCUT2D eigenvalue weighted by molar-refractivity contribution is -0.116. The zero-order chi connectivity index (χ0) is 20.8. The highest BCUT2D eigenvalue weighted by atomic mass is 16.5. The van der Waals surface area contributed by atoms with Gasteiger partial charge in [0, 0.05) is 36.2 Å². The molecule has 0 fully saturated rings. The molecule has 0 radical (unpaired) electrons. The number of carbonyl (C=O) groups excluding carboxylic acids is 1. The van der Waals surface area contributed by atoms with Gasteiger partial charge in [0.15, 0.2) is 0 Å². The number of benzene rings is 2. The Morgan fingerprint density at radius 3 is 2.87 bits per heavy atom. The third kappa shape index (κ3) is 5.21. The summed E-state index contributed by atoms with van der Waals surface area (Å²) in [5.41, 5.74) is 5.58. The predicted molar refractivity (Wildman–Crippen MR) is 119 cm³/mol. The Labute approximate surface area is 176 Å². The van der Waals surface area contributed by atoms with E-state index in [4.69, 9.17) is 4.74 Å². The average molecular weight is 402 g/mol. The highest BCUT2D eigenvalue weighted by Crippen LogP contribution is 2.26. The molecule has 4 rings (SSSR count). The number of fused-ring (bicyclic) bond motifs is 7.